The Morgan fingerprint density at radius 3 is 2.39 bits per heavy atom. The van der Waals surface area contributed by atoms with Gasteiger partial charge in [-0.25, -0.2) is 5.43 Å². The lowest BCUT2D eigenvalue weighted by Crippen LogP contribution is -2.17. The summed E-state index contributed by atoms with van der Waals surface area (Å²) >= 11 is 2.27. The summed E-state index contributed by atoms with van der Waals surface area (Å²) in [5.74, 6) is -0.433. The van der Waals surface area contributed by atoms with Gasteiger partial charge < -0.3 is 4.57 Å². The van der Waals surface area contributed by atoms with Crippen LogP contribution in [-0.4, -0.2) is 21.6 Å². The Morgan fingerprint density at radius 2 is 1.79 bits per heavy atom. The van der Waals surface area contributed by atoms with Crippen LogP contribution >= 0.6 is 22.6 Å². The van der Waals surface area contributed by atoms with Crippen molar-refractivity contribution < 1.29 is 9.72 Å². The Morgan fingerprint density at radius 1 is 1.14 bits per heavy atom. The number of nitrogens with zero attached hydrogens (tertiary/aromatic N) is 3. The van der Waals surface area contributed by atoms with Crippen LogP contribution in [0, 0.1) is 27.5 Å². The smallest absolute Gasteiger partial charge is 0.271 e. The zero-order valence-corrected chi connectivity index (χ0v) is 17.4. The maximum absolute atomic E-state index is 12.1. The number of non-ortho nitro benzene ring substituents is 1. The first-order valence-electron chi connectivity index (χ1n) is 8.39. The Kier molecular flexibility index (Phi) is 5.88. The largest absolute Gasteiger partial charge is 0.318 e. The predicted octanol–water partition coefficient (Wildman–Crippen LogP) is 4.37. The number of benzene rings is 2. The summed E-state index contributed by atoms with van der Waals surface area (Å²) in [4.78, 5) is 22.3. The van der Waals surface area contributed by atoms with Crippen molar-refractivity contribution in [2.24, 2.45) is 5.10 Å². The Hall–Kier alpha value is -3.01. The standard InChI is InChI=1S/C20H17IN4O3/c1-13-11-16(14(2)24(13)18-9-5-17(21)6-10-18)12-22-23-20(26)15-3-7-19(8-4-15)25(27)28/h3-12H,1-2H3,(H,23,26)/b22-12+. The molecular formula is C20H17IN4O3. The van der Waals surface area contributed by atoms with E-state index in [1.807, 2.05) is 32.0 Å². The summed E-state index contributed by atoms with van der Waals surface area (Å²) in [6.07, 6.45) is 1.59. The van der Waals surface area contributed by atoms with Gasteiger partial charge in [-0.3, -0.25) is 14.9 Å². The van der Waals surface area contributed by atoms with E-state index in [1.54, 1.807) is 6.21 Å². The number of hydrazone groups is 1. The number of aryl methyl sites for hydroxylation is 1. The topological polar surface area (TPSA) is 89.5 Å². The number of rotatable bonds is 5. The van der Waals surface area contributed by atoms with Crippen LogP contribution in [0.2, 0.25) is 0 Å². The molecule has 0 bridgehead atoms. The lowest BCUT2D eigenvalue weighted by molar-refractivity contribution is -0.384. The quantitative estimate of drug-likeness (QED) is 0.250. The molecule has 7 nitrogen and oxygen atoms in total. The van der Waals surface area contributed by atoms with Gasteiger partial charge in [0.15, 0.2) is 0 Å². The van der Waals surface area contributed by atoms with Crippen molar-refractivity contribution in [2.75, 3.05) is 0 Å². The second kappa shape index (κ2) is 8.34. The average molecular weight is 488 g/mol. The number of amides is 1. The molecule has 8 heteroatoms. The number of aromatic nitrogens is 1. The van der Waals surface area contributed by atoms with Crippen molar-refractivity contribution >= 4 is 40.4 Å². The van der Waals surface area contributed by atoms with Crippen LogP contribution in [0.4, 0.5) is 5.69 Å². The molecule has 0 radical (unpaired) electrons. The Labute approximate surface area is 175 Å². The molecular weight excluding hydrogens is 471 g/mol. The fourth-order valence-electron chi connectivity index (χ4n) is 2.87. The molecule has 0 spiro atoms. The van der Waals surface area contributed by atoms with E-state index in [4.69, 9.17) is 0 Å². The molecule has 0 saturated heterocycles. The summed E-state index contributed by atoms with van der Waals surface area (Å²) < 4.78 is 3.29. The third-order valence-corrected chi connectivity index (χ3v) is 4.98. The molecule has 0 saturated carbocycles. The first-order valence-corrected chi connectivity index (χ1v) is 9.47. The van der Waals surface area contributed by atoms with E-state index in [-0.39, 0.29) is 5.69 Å². The third-order valence-electron chi connectivity index (χ3n) is 4.27. The highest BCUT2D eigenvalue weighted by Gasteiger charge is 2.11. The van der Waals surface area contributed by atoms with E-state index in [0.29, 0.717) is 5.56 Å². The summed E-state index contributed by atoms with van der Waals surface area (Å²) in [5, 5.41) is 14.7. The van der Waals surface area contributed by atoms with Gasteiger partial charge in [-0.1, -0.05) is 0 Å². The summed E-state index contributed by atoms with van der Waals surface area (Å²) in [5.41, 5.74) is 6.69. The summed E-state index contributed by atoms with van der Waals surface area (Å²) in [6, 6.07) is 15.6. The van der Waals surface area contributed by atoms with Crippen LogP contribution in [0.5, 0.6) is 0 Å². The lowest BCUT2D eigenvalue weighted by Gasteiger charge is -2.09. The SMILES string of the molecule is Cc1cc(/C=N/NC(=O)c2ccc([N+](=O)[O-])cc2)c(C)n1-c1ccc(I)cc1. The minimum atomic E-state index is -0.511. The highest BCUT2D eigenvalue weighted by Crippen LogP contribution is 2.20. The zero-order chi connectivity index (χ0) is 20.3. The van der Waals surface area contributed by atoms with Gasteiger partial charge in [-0.2, -0.15) is 5.10 Å². The minimum absolute atomic E-state index is 0.0666. The molecule has 2 aromatic carbocycles. The molecule has 0 aliphatic heterocycles. The van der Waals surface area contributed by atoms with Crippen LogP contribution in [0.1, 0.15) is 27.3 Å². The second-order valence-electron chi connectivity index (χ2n) is 6.14. The normalized spacial score (nSPS) is 11.0. The molecule has 0 aliphatic rings. The number of carbonyl (C=O) groups is 1. The fraction of sp³-hybridized carbons (Fsp3) is 0.100. The van der Waals surface area contributed by atoms with Gasteiger partial charge in [-0.15, -0.1) is 0 Å². The molecule has 0 aliphatic carbocycles. The van der Waals surface area contributed by atoms with E-state index in [1.165, 1.54) is 27.8 Å². The molecule has 142 valence electrons. The predicted molar refractivity (Wildman–Crippen MR) is 116 cm³/mol. The van der Waals surface area contributed by atoms with Gasteiger partial charge in [-0.05, 0) is 78.9 Å². The molecule has 1 aromatic heterocycles. The molecule has 1 amide bonds. The number of carbonyl (C=O) groups excluding carboxylic acids is 1. The van der Waals surface area contributed by atoms with Crippen molar-refractivity contribution in [2.45, 2.75) is 13.8 Å². The van der Waals surface area contributed by atoms with Crippen molar-refractivity contribution in [3.8, 4) is 5.69 Å². The minimum Gasteiger partial charge on any atom is -0.318 e. The van der Waals surface area contributed by atoms with Gasteiger partial charge in [0.2, 0.25) is 0 Å². The van der Waals surface area contributed by atoms with E-state index in [2.05, 4.69) is 49.8 Å². The fourth-order valence-corrected chi connectivity index (χ4v) is 3.22. The van der Waals surface area contributed by atoms with Gasteiger partial charge >= 0.3 is 0 Å². The van der Waals surface area contributed by atoms with Crippen LogP contribution in [0.3, 0.4) is 0 Å². The number of nitrogens with one attached hydrogen (secondary N) is 1. The highest BCUT2D eigenvalue weighted by atomic mass is 127. The van der Waals surface area contributed by atoms with Crippen LogP contribution in [-0.2, 0) is 0 Å². The van der Waals surface area contributed by atoms with E-state index in [0.717, 1.165) is 22.6 Å². The molecule has 3 rings (SSSR count). The van der Waals surface area contributed by atoms with E-state index >= 15 is 0 Å². The number of hydrogen-bond donors (Lipinski definition) is 1. The number of nitro benzene ring substituents is 1. The van der Waals surface area contributed by atoms with Crippen molar-refractivity contribution in [3.05, 3.63) is 90.8 Å². The first kappa shape index (κ1) is 19.7. The molecule has 0 unspecified atom stereocenters. The Bertz CT molecular complexity index is 1050. The van der Waals surface area contributed by atoms with Crippen LogP contribution < -0.4 is 5.43 Å². The van der Waals surface area contributed by atoms with E-state index in [9.17, 15) is 14.9 Å². The average Bonchev–Trinajstić information content (AvgIpc) is 2.96. The summed E-state index contributed by atoms with van der Waals surface area (Å²) in [6.45, 7) is 4.00. The molecule has 0 fully saturated rings. The first-order chi connectivity index (χ1) is 13.4. The molecule has 0 atom stereocenters. The van der Waals surface area contributed by atoms with E-state index < -0.39 is 10.8 Å². The number of hydrogen-bond acceptors (Lipinski definition) is 4. The van der Waals surface area contributed by atoms with Crippen molar-refractivity contribution in [3.63, 3.8) is 0 Å². The van der Waals surface area contributed by atoms with Gasteiger partial charge in [0, 0.05) is 43.9 Å². The summed E-state index contributed by atoms with van der Waals surface area (Å²) in [7, 11) is 0. The highest BCUT2D eigenvalue weighted by molar-refractivity contribution is 14.1. The van der Waals surface area contributed by atoms with Crippen molar-refractivity contribution in [1.82, 2.24) is 9.99 Å². The van der Waals surface area contributed by atoms with Gasteiger partial charge in [0.05, 0.1) is 11.1 Å². The van der Waals surface area contributed by atoms with Crippen LogP contribution in [0.15, 0.2) is 59.7 Å². The zero-order valence-electron chi connectivity index (χ0n) is 15.2. The molecule has 28 heavy (non-hydrogen) atoms. The lowest BCUT2D eigenvalue weighted by atomic mass is 10.2. The number of nitro groups is 1. The maximum atomic E-state index is 12.1. The second-order valence-corrected chi connectivity index (χ2v) is 7.39. The van der Waals surface area contributed by atoms with Gasteiger partial charge in [0.1, 0.15) is 0 Å². The van der Waals surface area contributed by atoms with Gasteiger partial charge in [0.25, 0.3) is 11.6 Å². The Balaban J connectivity index is 1.74. The third kappa shape index (κ3) is 4.28. The maximum Gasteiger partial charge on any atom is 0.271 e. The monoisotopic (exact) mass is 488 g/mol. The molecule has 1 heterocycles. The molecule has 3 aromatic rings. The van der Waals surface area contributed by atoms with Crippen LogP contribution in [0.25, 0.3) is 5.69 Å². The van der Waals surface area contributed by atoms with Crippen molar-refractivity contribution in [1.29, 1.82) is 0 Å². The molecule has 1 N–H and O–H groups in total. The number of halogens is 1.